The highest BCUT2D eigenvalue weighted by Crippen LogP contribution is 2.32. The normalized spacial score (nSPS) is 10.5. The zero-order valence-electron chi connectivity index (χ0n) is 10.9. The molecule has 0 radical (unpaired) electrons. The Balaban J connectivity index is 2.24. The molecule has 108 valence electrons. The van der Waals surface area contributed by atoms with Gasteiger partial charge >= 0.3 is 0 Å². The molecule has 0 spiro atoms. The molecule has 0 aliphatic carbocycles. The van der Waals surface area contributed by atoms with Crippen LogP contribution in [0.3, 0.4) is 0 Å². The predicted molar refractivity (Wildman–Crippen MR) is 74.2 cm³/mol. The van der Waals surface area contributed by atoms with E-state index in [1.54, 1.807) is 13.0 Å². The van der Waals surface area contributed by atoms with Gasteiger partial charge in [-0.05, 0) is 42.8 Å². The summed E-state index contributed by atoms with van der Waals surface area (Å²) < 4.78 is 43.4. The fourth-order valence-corrected chi connectivity index (χ4v) is 2.32. The van der Waals surface area contributed by atoms with E-state index in [0.717, 1.165) is 12.1 Å². The maximum atomic E-state index is 13.3. The highest BCUT2D eigenvalue weighted by atomic mass is 32.2. The summed E-state index contributed by atoms with van der Waals surface area (Å²) in [5.41, 5.74) is 0.788. The number of nitrogens with zero attached hydrogens (tertiary/aromatic N) is 1. The van der Waals surface area contributed by atoms with Gasteiger partial charge < -0.3 is 4.74 Å². The number of halogens is 3. The Kier molecular flexibility index (Phi) is 4.76. The van der Waals surface area contributed by atoms with Crippen molar-refractivity contribution in [3.8, 4) is 17.6 Å². The van der Waals surface area contributed by atoms with Gasteiger partial charge in [0.1, 0.15) is 17.3 Å². The van der Waals surface area contributed by atoms with Crippen LogP contribution in [0.15, 0.2) is 41.3 Å². The first-order chi connectivity index (χ1) is 9.97. The van der Waals surface area contributed by atoms with E-state index in [9.17, 15) is 13.2 Å². The lowest BCUT2D eigenvalue weighted by Crippen LogP contribution is -1.91. The third-order valence-electron chi connectivity index (χ3n) is 2.60. The molecule has 0 saturated heterocycles. The van der Waals surface area contributed by atoms with E-state index in [1.807, 2.05) is 6.07 Å². The Morgan fingerprint density at radius 3 is 2.57 bits per heavy atom. The maximum absolute atomic E-state index is 13.3. The summed E-state index contributed by atoms with van der Waals surface area (Å²) in [5, 5.41) is 8.78. The Labute approximate surface area is 124 Å². The summed E-state index contributed by atoms with van der Waals surface area (Å²) >= 11 is 0.444. The van der Waals surface area contributed by atoms with Gasteiger partial charge in [0.15, 0.2) is 0 Å². The van der Waals surface area contributed by atoms with E-state index < -0.39 is 11.6 Å². The van der Waals surface area contributed by atoms with Gasteiger partial charge in [0.2, 0.25) is 0 Å². The first kappa shape index (κ1) is 15.3. The summed E-state index contributed by atoms with van der Waals surface area (Å²) in [6, 6.07) is 10.1. The zero-order valence-corrected chi connectivity index (χ0v) is 11.8. The van der Waals surface area contributed by atoms with Crippen LogP contribution < -0.4 is 4.74 Å². The van der Waals surface area contributed by atoms with Gasteiger partial charge in [-0.2, -0.15) is 14.0 Å². The van der Waals surface area contributed by atoms with E-state index in [0.29, 0.717) is 28.0 Å². The lowest BCUT2D eigenvalue weighted by Gasteiger charge is -2.10. The molecule has 2 nitrogen and oxygen atoms in total. The highest BCUT2D eigenvalue weighted by Gasteiger charge is 2.09. The lowest BCUT2D eigenvalue weighted by atomic mass is 10.2. The van der Waals surface area contributed by atoms with Crippen molar-refractivity contribution in [2.75, 3.05) is 0 Å². The van der Waals surface area contributed by atoms with Crippen molar-refractivity contribution in [2.24, 2.45) is 0 Å². The number of ether oxygens (including phenoxy) is 1. The fraction of sp³-hybridized carbons (Fsp3) is 0.133. The van der Waals surface area contributed by atoms with Crippen LogP contribution >= 0.6 is 11.8 Å². The largest absolute Gasteiger partial charge is 0.457 e. The highest BCUT2D eigenvalue weighted by molar-refractivity contribution is 7.99. The number of hydrogen-bond acceptors (Lipinski definition) is 3. The summed E-state index contributed by atoms with van der Waals surface area (Å²) in [4.78, 5) is 0.423. The van der Waals surface area contributed by atoms with Crippen LogP contribution in [0.1, 0.15) is 11.1 Å². The quantitative estimate of drug-likeness (QED) is 0.735. The van der Waals surface area contributed by atoms with Crippen LogP contribution in [0, 0.1) is 24.1 Å². The molecule has 21 heavy (non-hydrogen) atoms. The van der Waals surface area contributed by atoms with Crippen molar-refractivity contribution in [3.05, 3.63) is 53.3 Å². The van der Waals surface area contributed by atoms with E-state index in [2.05, 4.69) is 0 Å². The molecule has 0 heterocycles. The molecule has 0 aromatic heterocycles. The van der Waals surface area contributed by atoms with Crippen molar-refractivity contribution in [1.29, 1.82) is 5.26 Å². The van der Waals surface area contributed by atoms with Gasteiger partial charge in [0, 0.05) is 11.0 Å². The summed E-state index contributed by atoms with van der Waals surface area (Å²) in [6.07, 6.45) is 0. The summed E-state index contributed by atoms with van der Waals surface area (Å²) in [7, 11) is 0. The van der Waals surface area contributed by atoms with Crippen LogP contribution in [0.2, 0.25) is 0 Å². The molecule has 2 aromatic carbocycles. The van der Waals surface area contributed by atoms with Crippen molar-refractivity contribution in [3.63, 3.8) is 0 Å². The molecule has 0 bridgehead atoms. The molecule has 0 aliphatic heterocycles. The molecule has 0 unspecified atom stereocenters. The minimum atomic E-state index is -2.49. The molecule has 0 aliphatic rings. The van der Waals surface area contributed by atoms with Gasteiger partial charge in [-0.1, -0.05) is 11.8 Å². The monoisotopic (exact) mass is 309 g/mol. The second-order valence-corrected chi connectivity index (χ2v) is 5.26. The van der Waals surface area contributed by atoms with Gasteiger partial charge in [0.25, 0.3) is 5.76 Å². The molecular formula is C15H10F3NOS. The van der Waals surface area contributed by atoms with Crippen LogP contribution in [-0.4, -0.2) is 5.76 Å². The van der Waals surface area contributed by atoms with E-state index in [-0.39, 0.29) is 11.3 Å². The summed E-state index contributed by atoms with van der Waals surface area (Å²) in [5.74, 6) is -2.46. The molecule has 2 aromatic rings. The number of aryl methyl sites for hydroxylation is 1. The number of hydrogen-bond donors (Lipinski definition) is 0. The maximum Gasteiger partial charge on any atom is 0.288 e. The third kappa shape index (κ3) is 4.17. The Morgan fingerprint density at radius 1 is 1.19 bits per heavy atom. The number of nitriles is 1. The number of alkyl halides is 2. The molecule has 2 rings (SSSR count). The fourth-order valence-electron chi connectivity index (χ4n) is 1.73. The molecule has 0 N–H and O–H groups in total. The van der Waals surface area contributed by atoms with Crippen LogP contribution in [0.25, 0.3) is 0 Å². The third-order valence-corrected chi connectivity index (χ3v) is 3.30. The minimum absolute atomic E-state index is 0.146. The van der Waals surface area contributed by atoms with Gasteiger partial charge in [-0.25, -0.2) is 4.39 Å². The summed E-state index contributed by atoms with van der Waals surface area (Å²) in [6.45, 7) is 1.70. The first-order valence-corrected chi connectivity index (χ1v) is 6.80. The predicted octanol–water partition coefficient (Wildman–Crippen LogP) is 5.11. The smallest absolute Gasteiger partial charge is 0.288 e. The van der Waals surface area contributed by atoms with Gasteiger partial charge in [-0.3, -0.25) is 0 Å². The number of thioether (sulfide) groups is 1. The van der Waals surface area contributed by atoms with E-state index in [1.165, 1.54) is 18.2 Å². The lowest BCUT2D eigenvalue weighted by molar-refractivity contribution is 0.252. The van der Waals surface area contributed by atoms with Gasteiger partial charge in [-0.15, -0.1) is 0 Å². The van der Waals surface area contributed by atoms with Crippen LogP contribution in [0.4, 0.5) is 13.2 Å². The van der Waals surface area contributed by atoms with Gasteiger partial charge in [0.05, 0.1) is 11.6 Å². The molecule has 0 fully saturated rings. The topological polar surface area (TPSA) is 33.0 Å². The molecule has 6 heteroatoms. The van der Waals surface area contributed by atoms with Crippen molar-refractivity contribution in [1.82, 2.24) is 0 Å². The van der Waals surface area contributed by atoms with Crippen LogP contribution in [0.5, 0.6) is 11.5 Å². The second kappa shape index (κ2) is 6.55. The SMILES string of the molecule is Cc1cc(SC(F)F)ccc1Oc1cc(F)cc(C#N)c1. The number of rotatable bonds is 4. The first-order valence-electron chi connectivity index (χ1n) is 5.92. The van der Waals surface area contributed by atoms with Crippen molar-refractivity contribution in [2.45, 2.75) is 17.6 Å². The standard InChI is InChI=1S/C15H10F3NOS/c1-9-4-13(21-15(17)18)2-3-14(9)20-12-6-10(8-19)5-11(16)7-12/h2-7,15H,1H3. The van der Waals surface area contributed by atoms with Crippen molar-refractivity contribution < 1.29 is 17.9 Å². The Bertz CT molecular complexity index is 698. The van der Waals surface area contributed by atoms with E-state index in [4.69, 9.17) is 10.00 Å². The molecule has 0 saturated carbocycles. The molecule has 0 amide bonds. The minimum Gasteiger partial charge on any atom is -0.457 e. The van der Waals surface area contributed by atoms with Crippen LogP contribution in [-0.2, 0) is 0 Å². The zero-order chi connectivity index (χ0) is 15.4. The number of benzene rings is 2. The van der Waals surface area contributed by atoms with E-state index >= 15 is 0 Å². The Morgan fingerprint density at radius 2 is 1.95 bits per heavy atom. The Hall–Kier alpha value is -2.13. The molecule has 0 atom stereocenters. The average molecular weight is 309 g/mol. The molecular weight excluding hydrogens is 299 g/mol. The van der Waals surface area contributed by atoms with Crippen molar-refractivity contribution >= 4 is 11.8 Å². The average Bonchev–Trinajstić information content (AvgIpc) is 2.40. The second-order valence-electron chi connectivity index (χ2n) is 4.20.